The summed E-state index contributed by atoms with van der Waals surface area (Å²) in [6, 6.07) is 14.5. The molecule has 0 saturated carbocycles. The molecule has 0 spiro atoms. The Morgan fingerprint density at radius 2 is 1.44 bits per heavy atom. The van der Waals surface area contributed by atoms with Crippen molar-refractivity contribution >= 4 is 23.8 Å². The number of carbonyl (C=O) groups is 2. The lowest BCUT2D eigenvalue weighted by atomic mass is 10.2. The molecule has 0 radical (unpaired) electrons. The van der Waals surface area contributed by atoms with E-state index in [2.05, 4.69) is 10.6 Å². The van der Waals surface area contributed by atoms with Crippen LogP contribution in [0.2, 0.25) is 0 Å². The lowest BCUT2D eigenvalue weighted by Crippen LogP contribution is -2.49. The Balaban J connectivity index is 1.96. The predicted molar refractivity (Wildman–Crippen MR) is 127 cm³/mol. The summed E-state index contributed by atoms with van der Waals surface area (Å²) >= 11 is 1.55. The zero-order chi connectivity index (χ0) is 23.6. The Labute approximate surface area is 194 Å². The fraction of sp³-hybridized carbons (Fsp3) is 0.417. The van der Waals surface area contributed by atoms with Gasteiger partial charge in [0.2, 0.25) is 5.91 Å². The van der Waals surface area contributed by atoms with Crippen LogP contribution in [0.1, 0.15) is 31.9 Å². The topological polar surface area (TPSA) is 85.9 Å². The van der Waals surface area contributed by atoms with E-state index < -0.39 is 17.7 Å². The molecule has 0 aliphatic heterocycles. The van der Waals surface area contributed by atoms with Gasteiger partial charge >= 0.3 is 6.09 Å². The zero-order valence-corrected chi connectivity index (χ0v) is 20.1. The van der Waals surface area contributed by atoms with E-state index in [4.69, 9.17) is 14.2 Å². The van der Waals surface area contributed by atoms with Gasteiger partial charge in [-0.15, -0.1) is 0 Å². The summed E-state index contributed by atoms with van der Waals surface area (Å²) in [6.07, 6.45) is -0.618. The number of carbonyl (C=O) groups excluding carboxylic acids is 2. The maximum atomic E-state index is 12.8. The van der Waals surface area contributed by atoms with Gasteiger partial charge in [-0.2, -0.15) is 11.8 Å². The molecule has 7 nitrogen and oxygen atoms in total. The minimum absolute atomic E-state index is 0.270. The maximum absolute atomic E-state index is 12.8. The first-order valence-electron chi connectivity index (χ1n) is 10.3. The minimum Gasteiger partial charge on any atom is -0.497 e. The highest BCUT2D eigenvalue weighted by molar-refractivity contribution is 7.98. The number of nitrogens with one attached hydrogen (secondary N) is 2. The van der Waals surface area contributed by atoms with Gasteiger partial charge in [-0.25, -0.2) is 4.79 Å². The maximum Gasteiger partial charge on any atom is 0.408 e. The summed E-state index contributed by atoms with van der Waals surface area (Å²) in [5, 5.41) is 5.59. The molecule has 0 saturated heterocycles. The third kappa shape index (κ3) is 9.09. The van der Waals surface area contributed by atoms with Gasteiger partial charge in [-0.3, -0.25) is 4.79 Å². The number of hydrogen-bond donors (Lipinski definition) is 2. The van der Waals surface area contributed by atoms with Gasteiger partial charge in [0.25, 0.3) is 0 Å². The summed E-state index contributed by atoms with van der Waals surface area (Å²) in [5.41, 5.74) is 1.39. The first-order chi connectivity index (χ1) is 15.2. The lowest BCUT2D eigenvalue weighted by Gasteiger charge is -2.23. The van der Waals surface area contributed by atoms with E-state index in [0.29, 0.717) is 18.1 Å². The average molecular weight is 461 g/mol. The molecule has 0 fully saturated rings. The predicted octanol–water partition coefficient (Wildman–Crippen LogP) is 4.15. The van der Waals surface area contributed by atoms with Crippen LogP contribution in [-0.2, 0) is 21.8 Å². The molecule has 0 bridgehead atoms. The van der Waals surface area contributed by atoms with Crippen molar-refractivity contribution in [3.8, 4) is 11.5 Å². The Morgan fingerprint density at radius 1 is 0.906 bits per heavy atom. The SMILES string of the molecule is COc1ccc(CNC(=O)[C@H](CSCc2ccc(OC)cc2)NC(=O)OC(C)(C)C)cc1. The largest absolute Gasteiger partial charge is 0.497 e. The van der Waals surface area contributed by atoms with Crippen LogP contribution >= 0.6 is 11.8 Å². The minimum atomic E-state index is -0.730. The van der Waals surface area contributed by atoms with Crippen LogP contribution in [0.15, 0.2) is 48.5 Å². The second-order valence-corrected chi connectivity index (χ2v) is 9.16. The number of hydrogen-bond acceptors (Lipinski definition) is 6. The number of rotatable bonds is 10. The first-order valence-corrected chi connectivity index (χ1v) is 11.5. The number of methoxy groups -OCH3 is 2. The van der Waals surface area contributed by atoms with Crippen molar-refractivity contribution in [3.05, 3.63) is 59.7 Å². The van der Waals surface area contributed by atoms with Crippen molar-refractivity contribution in [1.29, 1.82) is 0 Å². The second-order valence-electron chi connectivity index (χ2n) is 8.13. The number of alkyl carbamates (subject to hydrolysis) is 1. The van der Waals surface area contributed by atoms with Crippen LogP contribution in [0.3, 0.4) is 0 Å². The molecule has 2 rings (SSSR count). The van der Waals surface area contributed by atoms with Gasteiger partial charge in [0.05, 0.1) is 14.2 Å². The molecule has 2 amide bonds. The van der Waals surface area contributed by atoms with E-state index in [1.807, 2.05) is 48.5 Å². The van der Waals surface area contributed by atoms with Gasteiger partial charge in [0, 0.05) is 18.1 Å². The average Bonchev–Trinajstić information content (AvgIpc) is 2.76. The molecule has 0 aliphatic rings. The van der Waals surface area contributed by atoms with E-state index in [-0.39, 0.29) is 5.91 Å². The third-order valence-corrected chi connectivity index (χ3v) is 5.45. The standard InChI is InChI=1S/C24H32N2O5S/c1-24(2,3)31-23(28)26-21(16-32-15-18-8-12-20(30-5)13-9-18)22(27)25-14-17-6-10-19(29-4)11-7-17/h6-13,21H,14-16H2,1-5H3,(H,25,27)(H,26,28)/t21-/m0/s1. The lowest BCUT2D eigenvalue weighted by molar-refractivity contribution is -0.122. The Hall–Kier alpha value is -2.87. The van der Waals surface area contributed by atoms with Crippen molar-refractivity contribution in [2.75, 3.05) is 20.0 Å². The van der Waals surface area contributed by atoms with Crippen LogP contribution in [0.4, 0.5) is 4.79 Å². The highest BCUT2D eigenvalue weighted by Crippen LogP contribution is 2.18. The summed E-state index contributed by atoms with van der Waals surface area (Å²) < 4.78 is 15.7. The fourth-order valence-corrected chi connectivity index (χ4v) is 3.72. The second kappa shape index (κ2) is 12.2. The molecule has 2 aromatic rings. The zero-order valence-electron chi connectivity index (χ0n) is 19.3. The smallest absolute Gasteiger partial charge is 0.408 e. The van der Waals surface area contributed by atoms with Gasteiger partial charge < -0.3 is 24.8 Å². The highest BCUT2D eigenvalue weighted by atomic mass is 32.2. The van der Waals surface area contributed by atoms with Gasteiger partial charge in [0.15, 0.2) is 0 Å². The molecule has 174 valence electrons. The molecule has 0 aromatic heterocycles. The van der Waals surface area contributed by atoms with Gasteiger partial charge in [0.1, 0.15) is 23.1 Å². The molecule has 2 aromatic carbocycles. The van der Waals surface area contributed by atoms with E-state index in [0.717, 1.165) is 22.6 Å². The molecule has 0 aliphatic carbocycles. The van der Waals surface area contributed by atoms with Crippen molar-refractivity contribution in [2.45, 2.75) is 44.7 Å². The Kier molecular flexibility index (Phi) is 9.71. The normalized spacial score (nSPS) is 11.9. The van der Waals surface area contributed by atoms with E-state index in [1.54, 1.807) is 46.8 Å². The molecule has 8 heteroatoms. The number of benzene rings is 2. The molecule has 32 heavy (non-hydrogen) atoms. The number of thioether (sulfide) groups is 1. The summed E-state index contributed by atoms with van der Waals surface area (Å²) in [6.45, 7) is 5.69. The molecule has 2 N–H and O–H groups in total. The summed E-state index contributed by atoms with van der Waals surface area (Å²) in [7, 11) is 3.23. The monoisotopic (exact) mass is 460 g/mol. The van der Waals surface area contributed by atoms with E-state index >= 15 is 0 Å². The van der Waals surface area contributed by atoms with Crippen molar-refractivity contribution in [1.82, 2.24) is 10.6 Å². The molecular formula is C24H32N2O5S. The van der Waals surface area contributed by atoms with Crippen LogP contribution in [0, 0.1) is 0 Å². The quantitative estimate of drug-likeness (QED) is 0.554. The molecule has 1 atom stereocenters. The highest BCUT2D eigenvalue weighted by Gasteiger charge is 2.24. The van der Waals surface area contributed by atoms with E-state index in [9.17, 15) is 9.59 Å². The van der Waals surface area contributed by atoms with Crippen LogP contribution < -0.4 is 20.1 Å². The Bertz CT molecular complexity index is 863. The molecule has 0 unspecified atom stereocenters. The van der Waals surface area contributed by atoms with Gasteiger partial charge in [-0.05, 0) is 56.2 Å². The number of amides is 2. The van der Waals surface area contributed by atoms with Crippen molar-refractivity contribution < 1.29 is 23.8 Å². The third-order valence-electron chi connectivity index (χ3n) is 4.35. The molecule has 0 heterocycles. The van der Waals surface area contributed by atoms with E-state index in [1.165, 1.54) is 0 Å². The number of ether oxygens (including phenoxy) is 3. The summed E-state index contributed by atoms with van der Waals surface area (Å²) in [5.74, 6) is 2.37. The fourth-order valence-electron chi connectivity index (χ4n) is 2.70. The Morgan fingerprint density at radius 3 is 1.94 bits per heavy atom. The molecular weight excluding hydrogens is 428 g/mol. The van der Waals surface area contributed by atoms with Crippen LogP contribution in [0.5, 0.6) is 11.5 Å². The van der Waals surface area contributed by atoms with Crippen molar-refractivity contribution in [2.24, 2.45) is 0 Å². The van der Waals surface area contributed by atoms with Crippen molar-refractivity contribution in [3.63, 3.8) is 0 Å². The summed E-state index contributed by atoms with van der Waals surface area (Å²) in [4.78, 5) is 25.1. The van der Waals surface area contributed by atoms with Gasteiger partial charge in [-0.1, -0.05) is 24.3 Å². The van der Waals surface area contributed by atoms with Crippen LogP contribution in [0.25, 0.3) is 0 Å². The van der Waals surface area contributed by atoms with Crippen LogP contribution in [-0.4, -0.2) is 43.6 Å². The first kappa shape index (κ1) is 25.4.